The molecular weight excluding hydrogens is 316 g/mol. The first-order valence-corrected chi connectivity index (χ1v) is 8.47. The first-order valence-electron chi connectivity index (χ1n) is 8.47. The molecule has 2 amide bonds. The predicted octanol–water partition coefficient (Wildman–Crippen LogP) is 2.87. The number of rotatable bonds is 7. The van der Waals surface area contributed by atoms with Gasteiger partial charge >= 0.3 is 0 Å². The number of ether oxygens (including phenoxy) is 1. The van der Waals surface area contributed by atoms with E-state index in [0.717, 1.165) is 22.6 Å². The van der Waals surface area contributed by atoms with Crippen LogP contribution in [0.5, 0.6) is 5.75 Å². The second kappa shape index (κ2) is 7.83. The average molecular weight is 338 g/mol. The van der Waals surface area contributed by atoms with Crippen LogP contribution in [0.2, 0.25) is 0 Å². The van der Waals surface area contributed by atoms with Crippen molar-refractivity contribution in [2.45, 2.75) is 25.2 Å². The van der Waals surface area contributed by atoms with Crippen LogP contribution in [0.25, 0.3) is 0 Å². The molecule has 3 rings (SSSR count). The number of aryl methyl sites for hydroxylation is 1. The van der Waals surface area contributed by atoms with Crippen molar-refractivity contribution in [3.05, 3.63) is 59.7 Å². The number of carbonyl (C=O) groups excluding carboxylic acids is 2. The lowest BCUT2D eigenvalue weighted by atomic mass is 9.97. The summed E-state index contributed by atoms with van der Waals surface area (Å²) in [6, 6.07) is 15.4. The lowest BCUT2D eigenvalue weighted by molar-refractivity contribution is -0.121. The molecule has 0 radical (unpaired) electrons. The number of hydrogen-bond donors (Lipinski definition) is 2. The lowest BCUT2D eigenvalue weighted by Gasteiger charge is -2.10. The van der Waals surface area contributed by atoms with Gasteiger partial charge in [0.05, 0.1) is 13.0 Å². The third-order valence-electron chi connectivity index (χ3n) is 4.44. The zero-order chi connectivity index (χ0) is 17.6. The summed E-state index contributed by atoms with van der Waals surface area (Å²) in [6.07, 6.45) is 1.68. The highest BCUT2D eigenvalue weighted by Crippen LogP contribution is 2.33. The molecule has 0 bridgehead atoms. The molecule has 0 saturated carbocycles. The molecule has 1 aliphatic rings. The van der Waals surface area contributed by atoms with Gasteiger partial charge in [-0.3, -0.25) is 9.59 Å². The topological polar surface area (TPSA) is 67.4 Å². The Labute approximate surface area is 147 Å². The highest BCUT2D eigenvalue weighted by Gasteiger charge is 2.29. The van der Waals surface area contributed by atoms with Crippen molar-refractivity contribution < 1.29 is 14.3 Å². The van der Waals surface area contributed by atoms with Gasteiger partial charge in [-0.2, -0.15) is 0 Å². The molecule has 2 aromatic carbocycles. The molecule has 25 heavy (non-hydrogen) atoms. The van der Waals surface area contributed by atoms with Crippen molar-refractivity contribution in [3.63, 3.8) is 0 Å². The van der Waals surface area contributed by atoms with E-state index < -0.39 is 0 Å². The summed E-state index contributed by atoms with van der Waals surface area (Å²) < 4.78 is 5.18. The molecule has 2 N–H and O–H groups in total. The summed E-state index contributed by atoms with van der Waals surface area (Å²) in [4.78, 5) is 24.1. The quantitative estimate of drug-likeness (QED) is 0.816. The average Bonchev–Trinajstić information content (AvgIpc) is 2.96. The van der Waals surface area contributed by atoms with Crippen molar-refractivity contribution >= 4 is 17.5 Å². The summed E-state index contributed by atoms with van der Waals surface area (Å²) >= 11 is 0. The lowest BCUT2D eigenvalue weighted by Crippen LogP contribution is -2.27. The van der Waals surface area contributed by atoms with Gasteiger partial charge < -0.3 is 15.4 Å². The molecule has 0 fully saturated rings. The third kappa shape index (κ3) is 4.18. The fraction of sp³-hybridized carbons (Fsp3) is 0.300. The molecule has 130 valence electrons. The zero-order valence-electron chi connectivity index (χ0n) is 14.2. The number of anilines is 1. The number of para-hydroxylation sites is 1. The van der Waals surface area contributed by atoms with E-state index in [4.69, 9.17) is 4.74 Å². The Balaban J connectivity index is 1.44. The van der Waals surface area contributed by atoms with Crippen LogP contribution in [0, 0.1) is 0 Å². The smallest absolute Gasteiger partial charge is 0.232 e. The Morgan fingerprint density at radius 2 is 2.04 bits per heavy atom. The van der Waals surface area contributed by atoms with Gasteiger partial charge in [0.25, 0.3) is 0 Å². The van der Waals surface area contributed by atoms with Crippen LogP contribution >= 0.6 is 0 Å². The first-order chi connectivity index (χ1) is 12.2. The highest BCUT2D eigenvalue weighted by molar-refractivity contribution is 6.02. The SMILES string of the molecule is COc1cccc(CCC(=O)NCCC2C(=O)Nc3ccccc32)c1. The van der Waals surface area contributed by atoms with E-state index in [0.29, 0.717) is 25.8 Å². The minimum Gasteiger partial charge on any atom is -0.497 e. The van der Waals surface area contributed by atoms with Crippen molar-refractivity contribution in [2.24, 2.45) is 0 Å². The minimum absolute atomic E-state index is 0.00508. The zero-order valence-corrected chi connectivity index (χ0v) is 14.2. The van der Waals surface area contributed by atoms with Crippen LogP contribution in [0.3, 0.4) is 0 Å². The van der Waals surface area contributed by atoms with E-state index in [1.54, 1.807) is 7.11 Å². The number of nitrogens with one attached hydrogen (secondary N) is 2. The van der Waals surface area contributed by atoms with Crippen LogP contribution in [0.1, 0.15) is 29.9 Å². The van der Waals surface area contributed by atoms with Gasteiger partial charge in [-0.25, -0.2) is 0 Å². The molecule has 5 heteroatoms. The van der Waals surface area contributed by atoms with Crippen molar-refractivity contribution in [2.75, 3.05) is 19.0 Å². The largest absolute Gasteiger partial charge is 0.497 e. The molecule has 1 aliphatic heterocycles. The van der Waals surface area contributed by atoms with Crippen molar-refractivity contribution in [1.29, 1.82) is 0 Å². The highest BCUT2D eigenvalue weighted by atomic mass is 16.5. The third-order valence-corrected chi connectivity index (χ3v) is 4.44. The molecule has 1 heterocycles. The Morgan fingerprint density at radius 1 is 1.20 bits per heavy atom. The molecule has 1 atom stereocenters. The van der Waals surface area contributed by atoms with E-state index in [9.17, 15) is 9.59 Å². The van der Waals surface area contributed by atoms with Gasteiger partial charge in [-0.05, 0) is 42.2 Å². The molecule has 0 aliphatic carbocycles. The number of hydrogen-bond acceptors (Lipinski definition) is 3. The van der Waals surface area contributed by atoms with Crippen molar-refractivity contribution in [1.82, 2.24) is 5.32 Å². The van der Waals surface area contributed by atoms with Crippen LogP contribution in [-0.2, 0) is 16.0 Å². The first kappa shape index (κ1) is 17.0. The number of fused-ring (bicyclic) bond motifs is 1. The summed E-state index contributed by atoms with van der Waals surface area (Å²) in [5.74, 6) is 0.611. The maximum atomic E-state index is 12.0. The number of carbonyl (C=O) groups is 2. The van der Waals surface area contributed by atoms with Crippen LogP contribution in [-0.4, -0.2) is 25.5 Å². The Bertz CT molecular complexity index is 773. The summed E-state index contributed by atoms with van der Waals surface area (Å²) in [7, 11) is 1.63. The molecule has 1 unspecified atom stereocenters. The second-order valence-corrected chi connectivity index (χ2v) is 6.12. The van der Waals surface area contributed by atoms with E-state index in [1.807, 2.05) is 48.5 Å². The molecule has 0 saturated heterocycles. The van der Waals surface area contributed by atoms with Gasteiger partial charge in [0.2, 0.25) is 11.8 Å². The van der Waals surface area contributed by atoms with Gasteiger partial charge in [0.1, 0.15) is 5.75 Å². The number of benzene rings is 2. The van der Waals surface area contributed by atoms with Crippen molar-refractivity contribution in [3.8, 4) is 5.75 Å². The van der Waals surface area contributed by atoms with Gasteiger partial charge in [-0.15, -0.1) is 0 Å². The summed E-state index contributed by atoms with van der Waals surface area (Å²) in [6.45, 7) is 0.489. The molecule has 0 aromatic heterocycles. The fourth-order valence-corrected chi connectivity index (χ4v) is 3.09. The van der Waals surface area contributed by atoms with Gasteiger partial charge in [-0.1, -0.05) is 30.3 Å². The standard InChI is InChI=1S/C20H22N2O3/c1-25-15-6-4-5-14(13-15)9-10-19(23)21-12-11-17-16-7-2-3-8-18(16)22-20(17)24/h2-8,13,17H,9-12H2,1H3,(H,21,23)(H,22,24). The maximum Gasteiger partial charge on any atom is 0.232 e. The Morgan fingerprint density at radius 3 is 2.88 bits per heavy atom. The van der Waals surface area contributed by atoms with E-state index in [-0.39, 0.29) is 17.7 Å². The van der Waals surface area contributed by atoms with Gasteiger partial charge in [0.15, 0.2) is 0 Å². The minimum atomic E-state index is -0.185. The summed E-state index contributed by atoms with van der Waals surface area (Å²) in [5, 5.41) is 5.79. The summed E-state index contributed by atoms with van der Waals surface area (Å²) in [5.41, 5.74) is 2.96. The van der Waals surface area contributed by atoms with E-state index in [2.05, 4.69) is 10.6 Å². The Kier molecular flexibility index (Phi) is 5.33. The molecule has 5 nitrogen and oxygen atoms in total. The van der Waals surface area contributed by atoms with Gasteiger partial charge in [0, 0.05) is 18.7 Å². The monoisotopic (exact) mass is 338 g/mol. The van der Waals surface area contributed by atoms with Crippen LogP contribution in [0.4, 0.5) is 5.69 Å². The molecule has 0 spiro atoms. The molecule has 2 aromatic rings. The normalized spacial score (nSPS) is 15.4. The number of methoxy groups -OCH3 is 1. The number of amides is 2. The second-order valence-electron chi connectivity index (χ2n) is 6.12. The van der Waals surface area contributed by atoms with E-state index in [1.165, 1.54) is 0 Å². The van der Waals surface area contributed by atoms with Crippen LogP contribution in [0.15, 0.2) is 48.5 Å². The maximum absolute atomic E-state index is 12.0. The predicted molar refractivity (Wildman–Crippen MR) is 96.8 cm³/mol. The van der Waals surface area contributed by atoms with Crippen LogP contribution < -0.4 is 15.4 Å². The fourth-order valence-electron chi connectivity index (χ4n) is 3.09. The Hall–Kier alpha value is -2.82. The van der Waals surface area contributed by atoms with E-state index >= 15 is 0 Å². The molecular formula is C20H22N2O3.